The molecule has 1 N–H and O–H groups in total. The van der Waals surface area contributed by atoms with Gasteiger partial charge >= 0.3 is 11.9 Å². The molecule has 8 heteroatoms. The highest BCUT2D eigenvalue weighted by atomic mass is 16.6. The van der Waals surface area contributed by atoms with E-state index in [2.05, 4.69) is 27.7 Å². The van der Waals surface area contributed by atoms with Gasteiger partial charge in [0.15, 0.2) is 0 Å². The highest BCUT2D eigenvalue weighted by molar-refractivity contribution is 5.69. The zero-order valence-corrected chi connectivity index (χ0v) is 28.0. The molecule has 0 saturated heterocycles. The molecule has 0 bridgehead atoms. The number of rotatable bonds is 20. The standard InChI is InChI=1S/C38H50O8/c1-6-42-34-28-31(37(2,3)21-13-19-35(40)45-25-23-43-29-15-9-7-10-16-29)33(39)27-32(34)38(4,5)22-14-20-36(41)46-26-24-44-30-17-11-8-12-18-30/h7-12,15-18,27-28,39H,6,13-14,19-26H2,1-5H3. The van der Waals surface area contributed by atoms with Crippen molar-refractivity contribution in [1.82, 2.24) is 0 Å². The van der Waals surface area contributed by atoms with Gasteiger partial charge in [-0.3, -0.25) is 9.59 Å². The van der Waals surface area contributed by atoms with Crippen LogP contribution in [0.25, 0.3) is 0 Å². The molecule has 0 amide bonds. The van der Waals surface area contributed by atoms with E-state index >= 15 is 0 Å². The summed E-state index contributed by atoms with van der Waals surface area (Å²) in [5.41, 5.74) is 0.872. The van der Waals surface area contributed by atoms with Crippen molar-refractivity contribution in [2.45, 2.75) is 84.0 Å². The molecule has 0 aliphatic heterocycles. The van der Waals surface area contributed by atoms with Crippen LogP contribution in [0.15, 0.2) is 72.8 Å². The minimum Gasteiger partial charge on any atom is -0.508 e. The zero-order valence-electron chi connectivity index (χ0n) is 28.0. The quantitative estimate of drug-likeness (QED) is 0.0988. The number of carbonyl (C=O) groups excluding carboxylic acids is 2. The molecule has 46 heavy (non-hydrogen) atoms. The van der Waals surface area contributed by atoms with Crippen molar-refractivity contribution < 1.29 is 38.4 Å². The van der Waals surface area contributed by atoms with Gasteiger partial charge < -0.3 is 28.8 Å². The number of para-hydroxylation sites is 2. The maximum Gasteiger partial charge on any atom is 0.305 e. The molecule has 250 valence electrons. The van der Waals surface area contributed by atoms with Gasteiger partial charge in [0, 0.05) is 24.0 Å². The average Bonchev–Trinajstić information content (AvgIpc) is 3.03. The molecule has 0 fully saturated rings. The lowest BCUT2D eigenvalue weighted by Crippen LogP contribution is -2.22. The molecule has 0 aliphatic carbocycles. The molecule has 0 radical (unpaired) electrons. The van der Waals surface area contributed by atoms with Crippen LogP contribution in [0.4, 0.5) is 0 Å². The third-order valence-electron chi connectivity index (χ3n) is 7.94. The van der Waals surface area contributed by atoms with Crippen molar-refractivity contribution in [2.24, 2.45) is 0 Å². The SMILES string of the molecule is CCOc1cc(C(C)(C)CCCC(=O)OCCOc2ccccc2)c(O)cc1C(C)(C)CCCC(=O)OCCOc1ccccc1. The first kappa shape index (κ1) is 36.3. The number of carbonyl (C=O) groups is 2. The van der Waals surface area contributed by atoms with Crippen molar-refractivity contribution in [1.29, 1.82) is 0 Å². The Morgan fingerprint density at radius 2 is 1.09 bits per heavy atom. The van der Waals surface area contributed by atoms with Crippen LogP contribution in [-0.2, 0) is 29.9 Å². The fourth-order valence-corrected chi connectivity index (χ4v) is 5.34. The third kappa shape index (κ3) is 12.0. The van der Waals surface area contributed by atoms with E-state index in [-0.39, 0.29) is 49.2 Å². The molecule has 0 unspecified atom stereocenters. The summed E-state index contributed by atoms with van der Waals surface area (Å²) < 4.78 is 27.9. The molecule has 0 saturated carbocycles. The first-order valence-electron chi connectivity index (χ1n) is 16.2. The van der Waals surface area contributed by atoms with E-state index in [0.29, 0.717) is 51.3 Å². The largest absolute Gasteiger partial charge is 0.508 e. The molecule has 3 rings (SSSR count). The number of benzene rings is 3. The van der Waals surface area contributed by atoms with Crippen LogP contribution in [0.3, 0.4) is 0 Å². The van der Waals surface area contributed by atoms with Crippen LogP contribution in [0.2, 0.25) is 0 Å². The molecule has 3 aromatic rings. The number of esters is 2. The zero-order chi connectivity index (χ0) is 33.4. The smallest absolute Gasteiger partial charge is 0.305 e. The Labute approximate surface area is 274 Å². The highest BCUT2D eigenvalue weighted by Crippen LogP contribution is 2.44. The molecule has 8 nitrogen and oxygen atoms in total. The van der Waals surface area contributed by atoms with Crippen molar-refractivity contribution in [3.8, 4) is 23.0 Å². The maximum absolute atomic E-state index is 12.3. The molecule has 0 aliphatic rings. The second-order valence-corrected chi connectivity index (χ2v) is 12.5. The molecule has 0 spiro atoms. The minimum absolute atomic E-state index is 0.190. The van der Waals surface area contributed by atoms with E-state index in [9.17, 15) is 14.7 Å². The Morgan fingerprint density at radius 1 is 0.630 bits per heavy atom. The van der Waals surface area contributed by atoms with E-state index in [0.717, 1.165) is 22.6 Å². The van der Waals surface area contributed by atoms with Crippen molar-refractivity contribution in [2.75, 3.05) is 33.0 Å². The number of phenols is 1. The number of aromatic hydroxyl groups is 1. The van der Waals surface area contributed by atoms with Crippen LogP contribution in [-0.4, -0.2) is 50.1 Å². The Balaban J connectivity index is 1.48. The highest BCUT2D eigenvalue weighted by Gasteiger charge is 2.31. The minimum atomic E-state index is -0.413. The van der Waals surface area contributed by atoms with E-state index < -0.39 is 5.41 Å². The fourth-order valence-electron chi connectivity index (χ4n) is 5.34. The van der Waals surface area contributed by atoms with Crippen LogP contribution >= 0.6 is 0 Å². The summed E-state index contributed by atoms with van der Waals surface area (Å²) in [6.45, 7) is 11.7. The maximum atomic E-state index is 12.3. The topological polar surface area (TPSA) is 101 Å². The average molecular weight is 635 g/mol. The Kier molecular flexibility index (Phi) is 14.2. The first-order valence-corrected chi connectivity index (χ1v) is 16.2. The van der Waals surface area contributed by atoms with Gasteiger partial charge in [-0.2, -0.15) is 0 Å². The van der Waals surface area contributed by atoms with E-state index in [1.54, 1.807) is 6.07 Å². The lowest BCUT2D eigenvalue weighted by atomic mass is 9.75. The van der Waals surface area contributed by atoms with Crippen LogP contribution < -0.4 is 14.2 Å². The normalized spacial score (nSPS) is 11.5. The molecular weight excluding hydrogens is 584 g/mol. The van der Waals surface area contributed by atoms with Gasteiger partial charge in [0.2, 0.25) is 0 Å². The number of hydrogen-bond donors (Lipinski definition) is 1. The predicted octanol–water partition coefficient (Wildman–Crippen LogP) is 7.93. The molecular formula is C38H50O8. The van der Waals surface area contributed by atoms with Gasteiger partial charge in [0.25, 0.3) is 0 Å². The van der Waals surface area contributed by atoms with Crippen LogP contribution in [0, 0.1) is 0 Å². The van der Waals surface area contributed by atoms with E-state index in [1.165, 1.54) is 0 Å². The Morgan fingerprint density at radius 3 is 1.54 bits per heavy atom. The summed E-state index contributed by atoms with van der Waals surface area (Å²) in [5.74, 6) is 1.85. The summed E-state index contributed by atoms with van der Waals surface area (Å²) in [7, 11) is 0. The van der Waals surface area contributed by atoms with Gasteiger partial charge in [-0.1, -0.05) is 64.1 Å². The molecule has 0 heterocycles. The molecule has 0 aromatic heterocycles. The number of hydrogen-bond acceptors (Lipinski definition) is 8. The first-order chi connectivity index (χ1) is 22.0. The number of ether oxygens (including phenoxy) is 5. The third-order valence-corrected chi connectivity index (χ3v) is 7.94. The van der Waals surface area contributed by atoms with E-state index in [1.807, 2.05) is 73.7 Å². The lowest BCUT2D eigenvalue weighted by molar-refractivity contribution is -0.145. The van der Waals surface area contributed by atoms with Gasteiger partial charge in [-0.25, -0.2) is 0 Å². The summed E-state index contributed by atoms with van der Waals surface area (Å²) >= 11 is 0. The summed E-state index contributed by atoms with van der Waals surface area (Å²) in [6, 6.07) is 22.5. The van der Waals surface area contributed by atoms with Crippen molar-refractivity contribution >= 4 is 11.9 Å². The second-order valence-electron chi connectivity index (χ2n) is 12.5. The molecule has 3 aromatic carbocycles. The Bertz CT molecular complexity index is 1350. The monoisotopic (exact) mass is 634 g/mol. The van der Waals surface area contributed by atoms with Crippen molar-refractivity contribution in [3.63, 3.8) is 0 Å². The van der Waals surface area contributed by atoms with Crippen molar-refractivity contribution in [3.05, 3.63) is 83.9 Å². The summed E-state index contributed by atoms with van der Waals surface area (Å²) in [6.07, 6.45) is 3.17. The lowest BCUT2D eigenvalue weighted by Gasteiger charge is -2.31. The van der Waals surface area contributed by atoms with Crippen LogP contribution in [0.5, 0.6) is 23.0 Å². The van der Waals surface area contributed by atoms with Gasteiger partial charge in [-0.05, 0) is 79.8 Å². The Hall–Kier alpha value is -4.20. The second kappa shape index (κ2) is 18.1. The summed E-state index contributed by atoms with van der Waals surface area (Å²) in [5, 5.41) is 11.2. The van der Waals surface area contributed by atoms with Gasteiger partial charge in [-0.15, -0.1) is 0 Å². The molecule has 0 atom stereocenters. The van der Waals surface area contributed by atoms with Gasteiger partial charge in [0.1, 0.15) is 49.4 Å². The van der Waals surface area contributed by atoms with E-state index in [4.69, 9.17) is 23.7 Å². The number of phenolic OH excluding ortho intramolecular Hbond substituents is 1. The predicted molar refractivity (Wildman–Crippen MR) is 179 cm³/mol. The summed E-state index contributed by atoms with van der Waals surface area (Å²) in [4.78, 5) is 24.6. The van der Waals surface area contributed by atoms with Gasteiger partial charge in [0.05, 0.1) is 6.61 Å². The fraction of sp³-hybridized carbons (Fsp3) is 0.474. The van der Waals surface area contributed by atoms with Crippen LogP contribution in [0.1, 0.15) is 84.3 Å².